The summed E-state index contributed by atoms with van der Waals surface area (Å²) in [6, 6.07) is 12.0. The Balaban J connectivity index is 1.35. The maximum Gasteiger partial charge on any atom is 0.276 e. The third kappa shape index (κ3) is 5.55. The van der Waals surface area contributed by atoms with Crippen molar-refractivity contribution in [1.29, 1.82) is 0 Å². The van der Waals surface area contributed by atoms with Crippen LogP contribution in [0.25, 0.3) is 22.0 Å². The second kappa shape index (κ2) is 10.3. The summed E-state index contributed by atoms with van der Waals surface area (Å²) in [5.41, 5.74) is 6.01. The van der Waals surface area contributed by atoms with E-state index in [1.54, 1.807) is 6.20 Å². The minimum atomic E-state index is -0.271. The quantitative estimate of drug-likeness (QED) is 0.419. The number of rotatable bonds is 7. The van der Waals surface area contributed by atoms with Gasteiger partial charge in [0.2, 0.25) is 0 Å². The van der Waals surface area contributed by atoms with Crippen molar-refractivity contribution >= 4 is 22.5 Å². The Morgan fingerprint density at radius 1 is 1.03 bits per heavy atom. The Labute approximate surface area is 205 Å². The molecule has 1 fully saturated rings. The first-order chi connectivity index (χ1) is 17.0. The van der Waals surface area contributed by atoms with E-state index in [-0.39, 0.29) is 5.91 Å². The Bertz CT molecular complexity index is 1310. The molecule has 180 valence electrons. The summed E-state index contributed by atoms with van der Waals surface area (Å²) in [6.45, 7) is 3.97. The zero-order chi connectivity index (χ0) is 24.2. The minimum absolute atomic E-state index is 0.271. The molecule has 1 amide bonds. The second-order valence-electron chi connectivity index (χ2n) is 9.48. The Morgan fingerprint density at radius 3 is 2.66 bits per heavy atom. The molecular formula is C27H31N7O. The predicted octanol–water partition coefficient (Wildman–Crippen LogP) is 4.32. The number of pyridine rings is 2. The fourth-order valence-corrected chi connectivity index (χ4v) is 4.58. The summed E-state index contributed by atoms with van der Waals surface area (Å²) < 4.78 is 0. The van der Waals surface area contributed by atoms with Crippen molar-refractivity contribution < 1.29 is 4.79 Å². The summed E-state index contributed by atoms with van der Waals surface area (Å²) in [5, 5.41) is 11.0. The van der Waals surface area contributed by atoms with Crippen LogP contribution in [-0.2, 0) is 13.1 Å². The number of carbonyl (C=O) groups excluding carboxylic acids is 1. The standard InChI is InChI=1S/C27H31N7O/c1-33(2)18-23-8-7-22(16-29-23)30-27(35)26-24-13-20(6-9-25(24)31-32-26)21-12-19(14-28-15-21)17-34-10-4-3-5-11-34/h6-9,12-16H,3-5,10-11,17-18H2,1-2H3,(H,30,35)(H,31,32). The smallest absolute Gasteiger partial charge is 0.276 e. The number of H-pyrrole nitrogens is 1. The van der Waals surface area contributed by atoms with Crippen molar-refractivity contribution in [2.75, 3.05) is 32.5 Å². The van der Waals surface area contributed by atoms with Crippen LogP contribution in [-0.4, -0.2) is 63.1 Å². The lowest BCUT2D eigenvalue weighted by Crippen LogP contribution is -2.29. The van der Waals surface area contributed by atoms with E-state index in [9.17, 15) is 4.79 Å². The Morgan fingerprint density at radius 2 is 1.89 bits per heavy atom. The molecule has 0 radical (unpaired) electrons. The number of amides is 1. The number of fused-ring (bicyclic) bond motifs is 1. The largest absolute Gasteiger partial charge is 0.319 e. The average Bonchev–Trinajstić information content (AvgIpc) is 3.29. The molecule has 1 aliphatic rings. The van der Waals surface area contributed by atoms with E-state index < -0.39 is 0 Å². The normalized spacial score (nSPS) is 14.5. The molecule has 4 heterocycles. The summed E-state index contributed by atoms with van der Waals surface area (Å²) >= 11 is 0. The average molecular weight is 470 g/mol. The Hall–Kier alpha value is -3.62. The maximum absolute atomic E-state index is 13.0. The van der Waals surface area contributed by atoms with Crippen LogP contribution in [0.5, 0.6) is 0 Å². The molecule has 8 heteroatoms. The molecule has 0 spiro atoms. The number of hydrogen-bond acceptors (Lipinski definition) is 6. The number of hydrogen-bond donors (Lipinski definition) is 2. The number of likely N-dealkylation sites (tertiary alicyclic amines) is 1. The van der Waals surface area contributed by atoms with Gasteiger partial charge in [-0.2, -0.15) is 5.10 Å². The monoisotopic (exact) mass is 469 g/mol. The highest BCUT2D eigenvalue weighted by Crippen LogP contribution is 2.26. The maximum atomic E-state index is 13.0. The number of aromatic amines is 1. The predicted molar refractivity (Wildman–Crippen MR) is 138 cm³/mol. The van der Waals surface area contributed by atoms with E-state index in [2.05, 4.69) is 36.4 Å². The molecule has 0 unspecified atom stereocenters. The van der Waals surface area contributed by atoms with Crippen LogP contribution in [0.4, 0.5) is 5.69 Å². The highest BCUT2D eigenvalue weighted by atomic mass is 16.1. The van der Waals surface area contributed by atoms with E-state index in [1.165, 1.54) is 24.8 Å². The van der Waals surface area contributed by atoms with Gasteiger partial charge >= 0.3 is 0 Å². The highest BCUT2D eigenvalue weighted by Gasteiger charge is 2.16. The summed E-state index contributed by atoms with van der Waals surface area (Å²) in [5.74, 6) is -0.271. The molecule has 1 aromatic carbocycles. The van der Waals surface area contributed by atoms with Gasteiger partial charge in [-0.15, -0.1) is 0 Å². The fraction of sp³-hybridized carbons (Fsp3) is 0.333. The fourth-order valence-electron chi connectivity index (χ4n) is 4.58. The first-order valence-electron chi connectivity index (χ1n) is 12.1. The van der Waals surface area contributed by atoms with Crippen molar-refractivity contribution in [1.82, 2.24) is 30.0 Å². The van der Waals surface area contributed by atoms with Crippen molar-refractivity contribution in [2.45, 2.75) is 32.4 Å². The van der Waals surface area contributed by atoms with E-state index in [0.717, 1.165) is 53.9 Å². The van der Waals surface area contributed by atoms with Gasteiger partial charge in [-0.25, -0.2) is 0 Å². The van der Waals surface area contributed by atoms with Gasteiger partial charge in [0, 0.05) is 36.4 Å². The Kier molecular flexibility index (Phi) is 6.83. The van der Waals surface area contributed by atoms with Gasteiger partial charge in [-0.05, 0) is 81.5 Å². The van der Waals surface area contributed by atoms with Gasteiger partial charge < -0.3 is 10.2 Å². The van der Waals surface area contributed by atoms with Crippen LogP contribution in [0.2, 0.25) is 0 Å². The number of anilines is 1. The lowest BCUT2D eigenvalue weighted by Gasteiger charge is -2.26. The molecule has 1 aliphatic heterocycles. The lowest BCUT2D eigenvalue weighted by atomic mass is 10.0. The van der Waals surface area contributed by atoms with Crippen LogP contribution >= 0.6 is 0 Å². The van der Waals surface area contributed by atoms with Crippen LogP contribution in [0.15, 0.2) is 55.0 Å². The van der Waals surface area contributed by atoms with Gasteiger partial charge in [-0.1, -0.05) is 12.5 Å². The third-order valence-electron chi connectivity index (χ3n) is 6.32. The SMILES string of the molecule is CN(C)Cc1ccc(NC(=O)c2n[nH]c3ccc(-c4cncc(CN5CCCCC5)c4)cc23)cn1. The number of nitrogens with zero attached hydrogens (tertiary/aromatic N) is 5. The number of benzene rings is 1. The van der Waals surface area contributed by atoms with Gasteiger partial charge in [0.25, 0.3) is 5.91 Å². The van der Waals surface area contributed by atoms with Gasteiger partial charge in [0.15, 0.2) is 5.69 Å². The molecular weight excluding hydrogens is 438 g/mol. The van der Waals surface area contributed by atoms with E-state index in [0.29, 0.717) is 11.4 Å². The number of piperidine rings is 1. The second-order valence-corrected chi connectivity index (χ2v) is 9.48. The number of nitrogens with one attached hydrogen (secondary N) is 2. The van der Waals surface area contributed by atoms with Crippen LogP contribution in [0, 0.1) is 0 Å². The zero-order valence-electron chi connectivity index (χ0n) is 20.3. The molecule has 0 atom stereocenters. The molecule has 8 nitrogen and oxygen atoms in total. The van der Waals surface area contributed by atoms with Crippen molar-refractivity contribution in [3.63, 3.8) is 0 Å². The van der Waals surface area contributed by atoms with E-state index >= 15 is 0 Å². The van der Waals surface area contributed by atoms with Gasteiger partial charge in [0.05, 0.1) is 23.1 Å². The van der Waals surface area contributed by atoms with E-state index in [1.807, 2.05) is 61.7 Å². The molecule has 1 saturated heterocycles. The molecule has 0 aliphatic carbocycles. The lowest BCUT2D eigenvalue weighted by molar-refractivity contribution is 0.102. The summed E-state index contributed by atoms with van der Waals surface area (Å²) in [4.78, 5) is 26.5. The number of carbonyl (C=O) groups is 1. The highest BCUT2D eigenvalue weighted by molar-refractivity contribution is 6.11. The van der Waals surface area contributed by atoms with Crippen molar-refractivity contribution in [2.24, 2.45) is 0 Å². The van der Waals surface area contributed by atoms with Crippen molar-refractivity contribution in [3.8, 4) is 11.1 Å². The first kappa shape index (κ1) is 23.1. The number of aromatic nitrogens is 4. The molecule has 0 saturated carbocycles. The molecule has 4 aromatic rings. The summed E-state index contributed by atoms with van der Waals surface area (Å²) in [7, 11) is 3.99. The molecule has 0 bridgehead atoms. The van der Waals surface area contributed by atoms with Crippen LogP contribution < -0.4 is 5.32 Å². The molecule has 5 rings (SSSR count). The zero-order valence-corrected chi connectivity index (χ0v) is 20.3. The van der Waals surface area contributed by atoms with Crippen LogP contribution in [0.3, 0.4) is 0 Å². The molecule has 35 heavy (non-hydrogen) atoms. The topological polar surface area (TPSA) is 90.0 Å². The van der Waals surface area contributed by atoms with Crippen molar-refractivity contribution in [3.05, 3.63) is 71.9 Å². The summed E-state index contributed by atoms with van der Waals surface area (Å²) in [6.07, 6.45) is 9.37. The van der Waals surface area contributed by atoms with Gasteiger partial charge in [-0.3, -0.25) is 24.8 Å². The molecule has 3 aromatic heterocycles. The molecule has 2 N–H and O–H groups in total. The third-order valence-corrected chi connectivity index (χ3v) is 6.32. The first-order valence-corrected chi connectivity index (χ1v) is 12.1. The van der Waals surface area contributed by atoms with Crippen LogP contribution in [0.1, 0.15) is 41.0 Å². The van der Waals surface area contributed by atoms with E-state index in [4.69, 9.17) is 0 Å². The van der Waals surface area contributed by atoms with Gasteiger partial charge in [0.1, 0.15) is 0 Å². The minimum Gasteiger partial charge on any atom is -0.319 e.